The molecule has 0 fully saturated rings. The smallest absolute Gasteiger partial charge is 0.325 e. The van der Waals surface area contributed by atoms with E-state index >= 15 is 0 Å². The monoisotopic (exact) mass is 225 g/mol. The number of hydrogen-bond donors (Lipinski definition) is 2. The predicted molar refractivity (Wildman–Crippen MR) is 55.7 cm³/mol. The minimum absolute atomic E-state index is 0.243. The number of nitrogens with one attached hydrogen (secondary N) is 1. The van der Waals surface area contributed by atoms with Crippen LogP contribution in [0.25, 0.3) is 0 Å². The maximum atomic E-state index is 12.9. The second-order valence-corrected chi connectivity index (χ2v) is 3.50. The molecule has 0 aromatic heterocycles. The van der Waals surface area contributed by atoms with E-state index in [-0.39, 0.29) is 5.56 Å². The molecule has 0 aliphatic carbocycles. The molecule has 0 spiro atoms. The number of carboxylic acid groups (broad SMARTS) is 1. The van der Waals surface area contributed by atoms with E-state index in [0.29, 0.717) is 5.56 Å². The maximum absolute atomic E-state index is 12.9. The Morgan fingerprint density at radius 3 is 2.56 bits per heavy atom. The van der Waals surface area contributed by atoms with Gasteiger partial charge in [0.2, 0.25) is 0 Å². The molecule has 16 heavy (non-hydrogen) atoms. The summed E-state index contributed by atoms with van der Waals surface area (Å²) in [5.74, 6) is -2.05. The SMILES string of the molecule is Cc1cc(C(=O)NC(C)C(=O)O)ccc1F. The van der Waals surface area contributed by atoms with Crippen molar-refractivity contribution in [2.75, 3.05) is 0 Å². The highest BCUT2D eigenvalue weighted by molar-refractivity contribution is 5.96. The van der Waals surface area contributed by atoms with Crippen LogP contribution < -0.4 is 5.32 Å². The molecule has 5 heteroatoms. The van der Waals surface area contributed by atoms with Gasteiger partial charge in [-0.25, -0.2) is 4.39 Å². The van der Waals surface area contributed by atoms with Crippen LogP contribution in [0.5, 0.6) is 0 Å². The third-order valence-corrected chi connectivity index (χ3v) is 2.14. The van der Waals surface area contributed by atoms with Crippen molar-refractivity contribution in [2.24, 2.45) is 0 Å². The number of carbonyl (C=O) groups is 2. The van der Waals surface area contributed by atoms with Crippen molar-refractivity contribution >= 4 is 11.9 Å². The molecule has 1 aromatic carbocycles. The molecule has 1 rings (SSSR count). The van der Waals surface area contributed by atoms with Crippen LogP contribution in [-0.2, 0) is 4.79 Å². The van der Waals surface area contributed by atoms with Gasteiger partial charge in [0.15, 0.2) is 0 Å². The highest BCUT2D eigenvalue weighted by Gasteiger charge is 2.15. The van der Waals surface area contributed by atoms with E-state index in [1.54, 1.807) is 0 Å². The van der Waals surface area contributed by atoms with Gasteiger partial charge < -0.3 is 10.4 Å². The lowest BCUT2D eigenvalue weighted by atomic mass is 10.1. The van der Waals surface area contributed by atoms with Crippen LogP contribution >= 0.6 is 0 Å². The third kappa shape index (κ3) is 2.79. The van der Waals surface area contributed by atoms with E-state index in [1.807, 2.05) is 0 Å². The zero-order valence-corrected chi connectivity index (χ0v) is 8.95. The first kappa shape index (κ1) is 12.2. The molecule has 1 aromatic rings. The molecule has 0 saturated heterocycles. The molecular weight excluding hydrogens is 213 g/mol. The molecule has 0 heterocycles. The maximum Gasteiger partial charge on any atom is 0.325 e. The lowest BCUT2D eigenvalue weighted by molar-refractivity contribution is -0.138. The third-order valence-electron chi connectivity index (χ3n) is 2.14. The molecular formula is C11H12FNO3. The Morgan fingerprint density at radius 2 is 2.06 bits per heavy atom. The van der Waals surface area contributed by atoms with Crippen molar-refractivity contribution < 1.29 is 19.1 Å². The van der Waals surface area contributed by atoms with Crippen LogP contribution in [0.15, 0.2) is 18.2 Å². The summed E-state index contributed by atoms with van der Waals surface area (Å²) in [6.45, 7) is 2.89. The average Bonchev–Trinajstić information content (AvgIpc) is 2.21. The van der Waals surface area contributed by atoms with E-state index < -0.39 is 23.7 Å². The number of carbonyl (C=O) groups excluding carboxylic acids is 1. The van der Waals surface area contributed by atoms with E-state index in [4.69, 9.17) is 5.11 Å². The highest BCUT2D eigenvalue weighted by atomic mass is 19.1. The number of amides is 1. The average molecular weight is 225 g/mol. The quantitative estimate of drug-likeness (QED) is 0.815. The number of benzene rings is 1. The van der Waals surface area contributed by atoms with Crippen LogP contribution in [0.1, 0.15) is 22.8 Å². The van der Waals surface area contributed by atoms with Gasteiger partial charge in [-0.05, 0) is 37.6 Å². The van der Waals surface area contributed by atoms with Crippen molar-refractivity contribution in [3.8, 4) is 0 Å². The van der Waals surface area contributed by atoms with E-state index in [0.717, 1.165) is 0 Å². The van der Waals surface area contributed by atoms with Crippen LogP contribution in [0, 0.1) is 12.7 Å². The van der Waals surface area contributed by atoms with Crippen LogP contribution in [0.4, 0.5) is 4.39 Å². The van der Waals surface area contributed by atoms with Gasteiger partial charge in [-0.2, -0.15) is 0 Å². The standard InChI is InChI=1S/C11H12FNO3/c1-6-5-8(3-4-9(6)12)10(14)13-7(2)11(15)16/h3-5,7H,1-2H3,(H,13,14)(H,15,16). The Kier molecular flexibility index (Phi) is 3.60. The van der Waals surface area contributed by atoms with Crippen molar-refractivity contribution in [1.29, 1.82) is 0 Å². The van der Waals surface area contributed by atoms with Crippen LogP contribution in [0.3, 0.4) is 0 Å². The molecule has 0 radical (unpaired) electrons. The minimum Gasteiger partial charge on any atom is -0.480 e. The van der Waals surface area contributed by atoms with Gasteiger partial charge in [0.25, 0.3) is 5.91 Å². The summed E-state index contributed by atoms with van der Waals surface area (Å²) in [5, 5.41) is 10.9. The minimum atomic E-state index is -1.12. The Labute approximate surface area is 92.1 Å². The predicted octanol–water partition coefficient (Wildman–Crippen LogP) is 1.34. The normalized spacial score (nSPS) is 11.9. The summed E-state index contributed by atoms with van der Waals surface area (Å²) >= 11 is 0. The van der Waals surface area contributed by atoms with Crippen LogP contribution in [0.2, 0.25) is 0 Å². The fraction of sp³-hybridized carbons (Fsp3) is 0.273. The Hall–Kier alpha value is -1.91. The second-order valence-electron chi connectivity index (χ2n) is 3.50. The van der Waals surface area contributed by atoms with Crippen molar-refractivity contribution in [1.82, 2.24) is 5.32 Å². The first-order valence-electron chi connectivity index (χ1n) is 4.71. The van der Waals surface area contributed by atoms with Crippen molar-refractivity contribution in [2.45, 2.75) is 19.9 Å². The summed E-state index contributed by atoms with van der Waals surface area (Å²) < 4.78 is 12.9. The fourth-order valence-corrected chi connectivity index (χ4v) is 1.13. The number of rotatable bonds is 3. The van der Waals surface area contributed by atoms with Gasteiger partial charge >= 0.3 is 5.97 Å². The van der Waals surface area contributed by atoms with E-state index in [9.17, 15) is 14.0 Å². The Bertz CT molecular complexity index is 431. The van der Waals surface area contributed by atoms with Gasteiger partial charge in [-0.1, -0.05) is 0 Å². The first-order chi connectivity index (χ1) is 7.41. The zero-order valence-electron chi connectivity index (χ0n) is 8.95. The lowest BCUT2D eigenvalue weighted by Gasteiger charge is -2.09. The number of hydrogen-bond acceptors (Lipinski definition) is 2. The van der Waals surface area contributed by atoms with Gasteiger partial charge in [0.05, 0.1) is 0 Å². The topological polar surface area (TPSA) is 66.4 Å². The number of halogens is 1. The van der Waals surface area contributed by atoms with Crippen molar-refractivity contribution in [3.63, 3.8) is 0 Å². The summed E-state index contributed by atoms with van der Waals surface area (Å²) in [6.07, 6.45) is 0. The number of aliphatic carboxylic acids is 1. The zero-order chi connectivity index (χ0) is 12.3. The van der Waals surface area contributed by atoms with Gasteiger partial charge in [0, 0.05) is 5.56 Å². The molecule has 1 amide bonds. The van der Waals surface area contributed by atoms with E-state index in [1.165, 1.54) is 32.0 Å². The summed E-state index contributed by atoms with van der Waals surface area (Å²) in [7, 11) is 0. The van der Waals surface area contributed by atoms with Gasteiger partial charge in [0.1, 0.15) is 11.9 Å². The van der Waals surface area contributed by atoms with Gasteiger partial charge in [-0.15, -0.1) is 0 Å². The van der Waals surface area contributed by atoms with Crippen LogP contribution in [-0.4, -0.2) is 23.0 Å². The second kappa shape index (κ2) is 4.74. The Balaban J connectivity index is 2.81. The molecule has 86 valence electrons. The molecule has 0 aliphatic heterocycles. The largest absolute Gasteiger partial charge is 0.480 e. The molecule has 0 saturated carbocycles. The molecule has 1 atom stereocenters. The number of carboxylic acids is 1. The molecule has 4 nitrogen and oxygen atoms in total. The molecule has 0 bridgehead atoms. The molecule has 1 unspecified atom stereocenters. The highest BCUT2D eigenvalue weighted by Crippen LogP contribution is 2.09. The van der Waals surface area contributed by atoms with Gasteiger partial charge in [-0.3, -0.25) is 9.59 Å². The first-order valence-corrected chi connectivity index (χ1v) is 4.71. The van der Waals surface area contributed by atoms with E-state index in [2.05, 4.69) is 5.32 Å². The Morgan fingerprint density at radius 1 is 1.44 bits per heavy atom. The molecule has 0 aliphatic rings. The van der Waals surface area contributed by atoms with Crippen molar-refractivity contribution in [3.05, 3.63) is 35.1 Å². The number of aryl methyl sites for hydroxylation is 1. The lowest BCUT2D eigenvalue weighted by Crippen LogP contribution is -2.38. The summed E-state index contributed by atoms with van der Waals surface area (Å²) in [6, 6.07) is 2.89. The molecule has 2 N–H and O–H groups in total. The fourth-order valence-electron chi connectivity index (χ4n) is 1.13. The summed E-state index contributed by atoms with van der Waals surface area (Å²) in [4.78, 5) is 22.0. The summed E-state index contributed by atoms with van der Waals surface area (Å²) in [5.41, 5.74) is 0.586.